The Morgan fingerprint density at radius 1 is 1.22 bits per heavy atom. The molecule has 5 nitrogen and oxygen atoms in total. The van der Waals surface area contributed by atoms with Crippen molar-refractivity contribution in [3.8, 4) is 0 Å². The van der Waals surface area contributed by atoms with E-state index in [1.165, 1.54) is 12.0 Å². The van der Waals surface area contributed by atoms with Crippen LogP contribution in [0, 0.1) is 0 Å². The Morgan fingerprint density at radius 2 is 1.78 bits per heavy atom. The van der Waals surface area contributed by atoms with E-state index >= 15 is 0 Å². The number of nitrogens with zero attached hydrogens (tertiary/aromatic N) is 1. The monoisotopic (exact) mass is 257 g/mol. The Labute approximate surface area is 108 Å². The van der Waals surface area contributed by atoms with Crippen molar-refractivity contribution < 1.29 is 19.1 Å². The number of hydrogen-bond donors (Lipinski definition) is 0. The average molecular weight is 257 g/mol. The van der Waals surface area contributed by atoms with Crippen LogP contribution in [0.15, 0.2) is 0 Å². The van der Waals surface area contributed by atoms with E-state index in [-0.39, 0.29) is 12.6 Å². The molecule has 1 rings (SSSR count). The Balaban J connectivity index is 2.69. The summed E-state index contributed by atoms with van der Waals surface area (Å²) in [5, 5.41) is 0. The molecule has 0 bridgehead atoms. The van der Waals surface area contributed by atoms with Gasteiger partial charge in [0.2, 0.25) is 0 Å². The van der Waals surface area contributed by atoms with Crippen LogP contribution in [-0.4, -0.2) is 42.3 Å². The van der Waals surface area contributed by atoms with Gasteiger partial charge in [0.05, 0.1) is 7.11 Å². The van der Waals surface area contributed by atoms with Gasteiger partial charge in [-0.05, 0) is 33.6 Å². The normalized spacial score (nSPS) is 16.4. The lowest BCUT2D eigenvalue weighted by atomic mass is 10.2. The van der Waals surface area contributed by atoms with Crippen molar-refractivity contribution in [1.29, 1.82) is 0 Å². The summed E-state index contributed by atoms with van der Waals surface area (Å²) < 4.78 is 9.97. The summed E-state index contributed by atoms with van der Waals surface area (Å²) >= 11 is 0. The van der Waals surface area contributed by atoms with Gasteiger partial charge in [-0.3, -0.25) is 9.69 Å². The van der Waals surface area contributed by atoms with Crippen LogP contribution in [-0.2, 0) is 14.3 Å². The van der Waals surface area contributed by atoms with Gasteiger partial charge in [0.25, 0.3) is 0 Å². The van der Waals surface area contributed by atoms with Crippen molar-refractivity contribution in [1.82, 2.24) is 4.90 Å². The molecule has 0 heterocycles. The fraction of sp³-hybridized carbons (Fsp3) is 0.846. The molecule has 104 valence electrons. The topological polar surface area (TPSA) is 55.8 Å². The van der Waals surface area contributed by atoms with Gasteiger partial charge in [-0.15, -0.1) is 0 Å². The SMILES string of the molecule is COC(=O)CN(C(=O)OC(C)(C)C)C1CCCC1. The van der Waals surface area contributed by atoms with Gasteiger partial charge < -0.3 is 9.47 Å². The van der Waals surface area contributed by atoms with E-state index < -0.39 is 17.7 Å². The smallest absolute Gasteiger partial charge is 0.411 e. The van der Waals surface area contributed by atoms with Crippen molar-refractivity contribution in [3.05, 3.63) is 0 Å². The number of methoxy groups -OCH3 is 1. The number of carbonyl (C=O) groups excluding carboxylic acids is 2. The number of hydrogen-bond acceptors (Lipinski definition) is 4. The summed E-state index contributed by atoms with van der Waals surface area (Å²) in [7, 11) is 1.32. The molecular weight excluding hydrogens is 234 g/mol. The van der Waals surface area contributed by atoms with Crippen molar-refractivity contribution in [2.24, 2.45) is 0 Å². The fourth-order valence-electron chi connectivity index (χ4n) is 2.08. The van der Waals surface area contributed by atoms with E-state index in [0.29, 0.717) is 0 Å². The third-order valence-corrected chi connectivity index (χ3v) is 2.92. The summed E-state index contributed by atoms with van der Waals surface area (Å²) in [6.07, 6.45) is 3.60. The molecule has 0 aromatic carbocycles. The van der Waals surface area contributed by atoms with Crippen molar-refractivity contribution >= 4 is 12.1 Å². The van der Waals surface area contributed by atoms with E-state index in [1.807, 2.05) is 20.8 Å². The van der Waals surface area contributed by atoms with Crippen LogP contribution in [0.25, 0.3) is 0 Å². The Kier molecular flexibility index (Phi) is 4.99. The highest BCUT2D eigenvalue weighted by molar-refractivity contribution is 5.78. The lowest BCUT2D eigenvalue weighted by Crippen LogP contribution is -2.45. The standard InChI is InChI=1S/C13H23NO4/c1-13(2,3)18-12(16)14(9-11(15)17-4)10-7-5-6-8-10/h10H,5-9H2,1-4H3. The summed E-state index contributed by atoms with van der Waals surface area (Å²) in [5.41, 5.74) is -0.552. The molecule has 0 aromatic heterocycles. The van der Waals surface area contributed by atoms with Crippen LogP contribution in [0.3, 0.4) is 0 Å². The van der Waals surface area contributed by atoms with Crippen molar-refractivity contribution in [3.63, 3.8) is 0 Å². The Bertz CT molecular complexity index is 303. The molecule has 1 aliphatic carbocycles. The van der Waals surface area contributed by atoms with Gasteiger partial charge in [0.15, 0.2) is 0 Å². The van der Waals surface area contributed by atoms with E-state index in [2.05, 4.69) is 4.74 Å². The summed E-state index contributed by atoms with van der Waals surface area (Å²) in [5.74, 6) is -0.409. The first-order valence-corrected chi connectivity index (χ1v) is 6.40. The first-order chi connectivity index (χ1) is 8.33. The van der Waals surface area contributed by atoms with Gasteiger partial charge in [-0.1, -0.05) is 12.8 Å². The first-order valence-electron chi connectivity index (χ1n) is 6.40. The predicted octanol–water partition coefficient (Wildman–Crippen LogP) is 2.34. The zero-order valence-electron chi connectivity index (χ0n) is 11.7. The lowest BCUT2D eigenvalue weighted by Gasteiger charge is -2.30. The van der Waals surface area contributed by atoms with Gasteiger partial charge in [-0.25, -0.2) is 4.79 Å². The number of esters is 1. The third-order valence-electron chi connectivity index (χ3n) is 2.92. The van der Waals surface area contributed by atoms with Crippen LogP contribution in [0.1, 0.15) is 46.5 Å². The highest BCUT2D eigenvalue weighted by Gasteiger charge is 2.31. The molecule has 0 spiro atoms. The Hall–Kier alpha value is -1.26. The third kappa shape index (κ3) is 4.55. The molecule has 0 aromatic rings. The van der Waals surface area contributed by atoms with Crippen molar-refractivity contribution in [2.75, 3.05) is 13.7 Å². The second-order valence-electron chi connectivity index (χ2n) is 5.62. The number of amides is 1. The number of carbonyl (C=O) groups is 2. The molecule has 1 amide bonds. The summed E-state index contributed by atoms with van der Waals surface area (Å²) in [6, 6.07) is 0.0962. The Morgan fingerprint density at radius 3 is 2.22 bits per heavy atom. The maximum Gasteiger partial charge on any atom is 0.411 e. The maximum atomic E-state index is 12.1. The minimum absolute atomic E-state index is 0.0317. The van der Waals surface area contributed by atoms with E-state index in [1.54, 1.807) is 0 Å². The highest BCUT2D eigenvalue weighted by atomic mass is 16.6. The minimum Gasteiger partial charge on any atom is -0.468 e. The van der Waals surface area contributed by atoms with E-state index in [0.717, 1.165) is 25.7 Å². The van der Waals surface area contributed by atoms with Gasteiger partial charge >= 0.3 is 12.1 Å². The molecule has 0 saturated heterocycles. The van der Waals surface area contributed by atoms with Crippen LogP contribution >= 0.6 is 0 Å². The molecule has 1 fully saturated rings. The lowest BCUT2D eigenvalue weighted by molar-refractivity contribution is -0.142. The van der Waals surface area contributed by atoms with Crippen molar-refractivity contribution in [2.45, 2.75) is 58.1 Å². The van der Waals surface area contributed by atoms with E-state index in [4.69, 9.17) is 4.74 Å². The summed E-state index contributed by atoms with van der Waals surface area (Å²) in [4.78, 5) is 25.0. The second kappa shape index (κ2) is 6.07. The van der Waals surface area contributed by atoms with Crippen LogP contribution < -0.4 is 0 Å². The van der Waals surface area contributed by atoms with Crippen LogP contribution in [0.5, 0.6) is 0 Å². The maximum absolute atomic E-state index is 12.1. The van der Waals surface area contributed by atoms with E-state index in [9.17, 15) is 9.59 Å². The predicted molar refractivity (Wildman–Crippen MR) is 67.2 cm³/mol. The highest BCUT2D eigenvalue weighted by Crippen LogP contribution is 2.25. The first kappa shape index (κ1) is 14.8. The molecule has 0 radical (unpaired) electrons. The van der Waals surface area contributed by atoms with Gasteiger partial charge in [-0.2, -0.15) is 0 Å². The molecule has 0 atom stereocenters. The molecular formula is C13H23NO4. The van der Waals surface area contributed by atoms with Gasteiger partial charge in [0.1, 0.15) is 12.1 Å². The quantitative estimate of drug-likeness (QED) is 0.728. The zero-order valence-corrected chi connectivity index (χ0v) is 11.7. The van der Waals surface area contributed by atoms with Crippen LogP contribution in [0.2, 0.25) is 0 Å². The molecule has 18 heavy (non-hydrogen) atoms. The average Bonchev–Trinajstić information content (AvgIpc) is 2.75. The molecule has 1 saturated carbocycles. The molecule has 0 unspecified atom stereocenters. The fourth-order valence-corrected chi connectivity index (χ4v) is 2.08. The molecule has 0 N–H and O–H groups in total. The summed E-state index contributed by atoms with van der Waals surface area (Å²) in [6.45, 7) is 5.41. The largest absolute Gasteiger partial charge is 0.468 e. The van der Waals surface area contributed by atoms with Crippen LogP contribution in [0.4, 0.5) is 4.79 Å². The zero-order chi connectivity index (χ0) is 13.8. The molecule has 0 aliphatic heterocycles. The molecule has 1 aliphatic rings. The van der Waals surface area contributed by atoms with Gasteiger partial charge in [0, 0.05) is 6.04 Å². The minimum atomic E-state index is -0.552. The second-order valence-corrected chi connectivity index (χ2v) is 5.62. The molecule has 5 heteroatoms. The number of rotatable bonds is 3. The number of ether oxygens (including phenoxy) is 2.